The summed E-state index contributed by atoms with van der Waals surface area (Å²) in [5.41, 5.74) is 0. The van der Waals surface area contributed by atoms with Crippen molar-refractivity contribution in [3.05, 3.63) is 0 Å². The average molecular weight is 259 g/mol. The molecule has 0 bridgehead atoms. The molecule has 106 valence electrons. The fourth-order valence-electron chi connectivity index (χ4n) is 3.08. The lowest BCUT2D eigenvalue weighted by atomic mass is 9.83. The molecule has 18 heavy (non-hydrogen) atoms. The Morgan fingerprint density at radius 1 is 1.39 bits per heavy atom. The van der Waals surface area contributed by atoms with Gasteiger partial charge in [0.25, 0.3) is 0 Å². The van der Waals surface area contributed by atoms with Crippen molar-refractivity contribution in [1.82, 2.24) is 5.06 Å². The molecule has 0 aromatic rings. The first-order valence-corrected chi connectivity index (χ1v) is 6.88. The maximum atomic E-state index is 9.99. The fraction of sp³-hybridized carbons (Fsp3) is 1.00. The smallest absolute Gasteiger partial charge is 0.166 e. The normalized spacial score (nSPS) is 34.7. The van der Waals surface area contributed by atoms with Gasteiger partial charge >= 0.3 is 0 Å². The van der Waals surface area contributed by atoms with Gasteiger partial charge in [-0.3, -0.25) is 0 Å². The van der Waals surface area contributed by atoms with E-state index >= 15 is 0 Å². The summed E-state index contributed by atoms with van der Waals surface area (Å²) in [6.07, 6.45) is 2.55. The highest BCUT2D eigenvalue weighted by atomic mass is 16.7. The van der Waals surface area contributed by atoms with Crippen LogP contribution in [-0.4, -0.2) is 53.6 Å². The molecule has 0 spiro atoms. The number of piperidine rings is 1. The molecule has 5 nitrogen and oxygen atoms in total. The Morgan fingerprint density at radius 2 is 2.06 bits per heavy atom. The Hall–Kier alpha value is -0.200. The fourth-order valence-corrected chi connectivity index (χ4v) is 3.08. The molecule has 5 heteroatoms. The van der Waals surface area contributed by atoms with Gasteiger partial charge in [0.15, 0.2) is 5.79 Å². The Bertz CT molecular complexity index is 268. The number of hydrogen-bond donors (Lipinski definition) is 2. The molecule has 2 fully saturated rings. The minimum Gasteiger partial charge on any atom is -0.396 e. The third-order valence-electron chi connectivity index (χ3n) is 4.19. The first-order chi connectivity index (χ1) is 8.54. The summed E-state index contributed by atoms with van der Waals surface area (Å²) >= 11 is 0. The number of hydroxylamine groups is 2. The van der Waals surface area contributed by atoms with Crippen molar-refractivity contribution in [3.8, 4) is 0 Å². The quantitative estimate of drug-likeness (QED) is 0.795. The van der Waals surface area contributed by atoms with Crippen molar-refractivity contribution in [2.75, 3.05) is 26.4 Å². The van der Waals surface area contributed by atoms with Crippen LogP contribution in [0.25, 0.3) is 0 Å². The molecule has 0 aromatic heterocycles. The van der Waals surface area contributed by atoms with E-state index in [9.17, 15) is 10.3 Å². The van der Waals surface area contributed by atoms with Crippen molar-refractivity contribution in [3.63, 3.8) is 0 Å². The minimum absolute atomic E-state index is 0.00312. The molecular formula is C13H25NO4. The molecule has 0 aliphatic carbocycles. The van der Waals surface area contributed by atoms with Gasteiger partial charge in [0.1, 0.15) is 0 Å². The molecule has 0 saturated carbocycles. The first-order valence-electron chi connectivity index (χ1n) is 6.88. The maximum absolute atomic E-state index is 9.99. The Morgan fingerprint density at radius 3 is 2.67 bits per heavy atom. The van der Waals surface area contributed by atoms with Crippen LogP contribution in [0.15, 0.2) is 0 Å². The van der Waals surface area contributed by atoms with E-state index in [2.05, 4.69) is 6.92 Å². The Balaban J connectivity index is 1.98. The van der Waals surface area contributed by atoms with E-state index in [0.717, 1.165) is 12.8 Å². The van der Waals surface area contributed by atoms with E-state index in [0.29, 0.717) is 32.1 Å². The number of rotatable bonds is 4. The highest BCUT2D eigenvalue weighted by Gasteiger charge is 2.39. The highest BCUT2D eigenvalue weighted by molar-refractivity contribution is 4.85. The summed E-state index contributed by atoms with van der Waals surface area (Å²) in [7, 11) is 0. The predicted octanol–water partition coefficient (Wildman–Crippen LogP) is 1.24. The van der Waals surface area contributed by atoms with Crippen LogP contribution in [0.3, 0.4) is 0 Å². The summed E-state index contributed by atoms with van der Waals surface area (Å²) in [6, 6.07) is 0.00312. The number of aliphatic hydroxyl groups is 1. The minimum atomic E-state index is -0.602. The van der Waals surface area contributed by atoms with Crippen LogP contribution in [0, 0.1) is 11.8 Å². The summed E-state index contributed by atoms with van der Waals surface area (Å²) < 4.78 is 11.2. The summed E-state index contributed by atoms with van der Waals surface area (Å²) in [5, 5.41) is 21.0. The molecule has 2 N–H and O–H groups in total. The zero-order valence-electron chi connectivity index (χ0n) is 11.3. The Labute approximate surface area is 109 Å². The van der Waals surface area contributed by atoms with Gasteiger partial charge in [0, 0.05) is 31.5 Å². The third kappa shape index (κ3) is 3.22. The lowest BCUT2D eigenvalue weighted by Gasteiger charge is -2.40. The lowest BCUT2D eigenvalue weighted by molar-refractivity contribution is -0.197. The number of aliphatic hydroxyl groups excluding tert-OH is 1. The molecule has 2 rings (SSSR count). The topological polar surface area (TPSA) is 62.2 Å². The van der Waals surface area contributed by atoms with E-state index in [-0.39, 0.29) is 18.6 Å². The largest absolute Gasteiger partial charge is 0.396 e. The monoisotopic (exact) mass is 259 g/mol. The van der Waals surface area contributed by atoms with Gasteiger partial charge < -0.3 is 19.8 Å². The summed E-state index contributed by atoms with van der Waals surface area (Å²) in [6.45, 7) is 6.06. The average Bonchev–Trinajstić information content (AvgIpc) is 2.77. The second-order valence-electron chi connectivity index (χ2n) is 5.84. The molecule has 2 aliphatic rings. The van der Waals surface area contributed by atoms with Gasteiger partial charge in [0.2, 0.25) is 0 Å². The number of nitrogens with zero attached hydrogens (tertiary/aromatic N) is 1. The predicted molar refractivity (Wildman–Crippen MR) is 66.2 cm³/mol. The molecule has 2 heterocycles. The van der Waals surface area contributed by atoms with Gasteiger partial charge in [-0.1, -0.05) is 6.92 Å². The standard InChI is InChI=1S/C13H25NO4/c1-10-3-4-14(16)12(7-10)11(9-15)8-13(2)17-5-6-18-13/h10-12,15-16H,3-9H2,1-2H3/t10-,11-,12-/m1/s1. The first kappa shape index (κ1) is 14.2. The van der Waals surface area contributed by atoms with Crippen LogP contribution in [0.4, 0.5) is 0 Å². The zero-order valence-corrected chi connectivity index (χ0v) is 11.3. The van der Waals surface area contributed by atoms with Crippen LogP contribution in [-0.2, 0) is 9.47 Å². The number of hydrogen-bond acceptors (Lipinski definition) is 5. The van der Waals surface area contributed by atoms with Crippen molar-refractivity contribution >= 4 is 0 Å². The van der Waals surface area contributed by atoms with Crippen molar-refractivity contribution in [2.45, 2.75) is 44.9 Å². The molecule has 3 atom stereocenters. The van der Waals surface area contributed by atoms with E-state index in [1.165, 1.54) is 5.06 Å². The van der Waals surface area contributed by atoms with E-state index in [4.69, 9.17) is 9.47 Å². The van der Waals surface area contributed by atoms with Crippen LogP contribution in [0.1, 0.15) is 33.1 Å². The maximum Gasteiger partial charge on any atom is 0.166 e. The van der Waals surface area contributed by atoms with Crippen LogP contribution >= 0.6 is 0 Å². The molecule has 0 aromatic carbocycles. The second-order valence-corrected chi connectivity index (χ2v) is 5.84. The number of ether oxygens (including phenoxy) is 2. The molecule has 2 aliphatic heterocycles. The van der Waals surface area contributed by atoms with Crippen LogP contribution in [0.5, 0.6) is 0 Å². The van der Waals surface area contributed by atoms with Gasteiger partial charge in [-0.15, -0.1) is 0 Å². The van der Waals surface area contributed by atoms with E-state index in [1.807, 2.05) is 6.92 Å². The lowest BCUT2D eigenvalue weighted by Crippen LogP contribution is -2.47. The highest BCUT2D eigenvalue weighted by Crippen LogP contribution is 2.33. The van der Waals surface area contributed by atoms with Crippen molar-refractivity contribution < 1.29 is 19.8 Å². The van der Waals surface area contributed by atoms with Gasteiger partial charge in [0.05, 0.1) is 13.2 Å². The van der Waals surface area contributed by atoms with Crippen molar-refractivity contribution in [2.24, 2.45) is 11.8 Å². The molecular weight excluding hydrogens is 234 g/mol. The van der Waals surface area contributed by atoms with Gasteiger partial charge in [-0.2, -0.15) is 5.06 Å². The van der Waals surface area contributed by atoms with Crippen LogP contribution < -0.4 is 0 Å². The van der Waals surface area contributed by atoms with Crippen molar-refractivity contribution in [1.29, 1.82) is 0 Å². The Kier molecular flexibility index (Phi) is 4.61. The second kappa shape index (κ2) is 5.84. The third-order valence-corrected chi connectivity index (χ3v) is 4.19. The van der Waals surface area contributed by atoms with Crippen LogP contribution in [0.2, 0.25) is 0 Å². The summed E-state index contributed by atoms with van der Waals surface area (Å²) in [5.74, 6) is -0.0268. The zero-order chi connectivity index (χ0) is 13.2. The molecule has 0 radical (unpaired) electrons. The molecule has 0 amide bonds. The van der Waals surface area contributed by atoms with E-state index < -0.39 is 5.79 Å². The van der Waals surface area contributed by atoms with E-state index in [1.54, 1.807) is 0 Å². The SMILES string of the molecule is C[C@@H]1CCN(O)[C@@H]([C@@H](CO)CC2(C)OCCO2)C1. The van der Waals surface area contributed by atoms with Gasteiger partial charge in [-0.25, -0.2) is 0 Å². The van der Waals surface area contributed by atoms with Gasteiger partial charge in [-0.05, 0) is 25.7 Å². The molecule has 2 saturated heterocycles. The summed E-state index contributed by atoms with van der Waals surface area (Å²) in [4.78, 5) is 0. The molecule has 0 unspecified atom stereocenters.